The smallest absolute Gasteiger partial charge is 0.308 e. The molecule has 0 aliphatic carbocycles. The van der Waals surface area contributed by atoms with Gasteiger partial charge >= 0.3 is 5.97 Å². The number of phenolic OH excluding ortho intramolecular Hbond substituents is 1. The van der Waals surface area contributed by atoms with E-state index in [1.54, 1.807) is 24.3 Å². The predicted octanol–water partition coefficient (Wildman–Crippen LogP) is 4.50. The summed E-state index contributed by atoms with van der Waals surface area (Å²) in [6.07, 6.45) is 0. The van der Waals surface area contributed by atoms with E-state index in [1.165, 1.54) is 6.92 Å². The summed E-state index contributed by atoms with van der Waals surface area (Å²) < 4.78 is 5.10. The lowest BCUT2D eigenvalue weighted by Gasteiger charge is -2.19. The van der Waals surface area contributed by atoms with Crippen molar-refractivity contribution in [3.8, 4) is 11.5 Å². The number of hydrogen-bond acceptors (Lipinski definition) is 3. The molecule has 120 valence electrons. The number of carbonyl (C=O) groups is 1. The molecule has 3 rings (SSSR count). The van der Waals surface area contributed by atoms with Gasteiger partial charge in [-0.2, -0.15) is 0 Å². The van der Waals surface area contributed by atoms with Crippen LogP contribution in [0.3, 0.4) is 0 Å². The molecule has 0 saturated heterocycles. The Hall–Kier alpha value is -3.07. The normalized spacial score (nSPS) is 11.7. The van der Waals surface area contributed by atoms with Gasteiger partial charge in [-0.25, -0.2) is 0 Å². The quantitative estimate of drug-likeness (QED) is 0.438. The van der Waals surface area contributed by atoms with E-state index in [9.17, 15) is 9.90 Å². The van der Waals surface area contributed by atoms with Crippen LogP contribution in [-0.2, 0) is 4.79 Å². The first-order valence-corrected chi connectivity index (χ1v) is 7.76. The van der Waals surface area contributed by atoms with E-state index < -0.39 is 0 Å². The fourth-order valence-electron chi connectivity index (χ4n) is 2.78. The number of ether oxygens (including phenoxy) is 1. The summed E-state index contributed by atoms with van der Waals surface area (Å²) in [6, 6.07) is 24.9. The average molecular weight is 318 g/mol. The highest BCUT2D eigenvalue weighted by atomic mass is 16.5. The van der Waals surface area contributed by atoms with Crippen LogP contribution >= 0.6 is 0 Å². The zero-order valence-corrected chi connectivity index (χ0v) is 13.3. The Kier molecular flexibility index (Phi) is 4.62. The van der Waals surface area contributed by atoms with Crippen LogP contribution in [0.5, 0.6) is 11.5 Å². The molecule has 24 heavy (non-hydrogen) atoms. The molecule has 1 N–H and O–H groups in total. The van der Waals surface area contributed by atoms with Crippen LogP contribution in [0, 0.1) is 0 Å². The lowest BCUT2D eigenvalue weighted by atomic mass is 9.85. The van der Waals surface area contributed by atoms with E-state index in [2.05, 4.69) is 12.1 Å². The topological polar surface area (TPSA) is 46.5 Å². The Bertz CT molecular complexity index is 806. The second-order valence-electron chi connectivity index (χ2n) is 5.60. The Labute approximate surface area is 141 Å². The van der Waals surface area contributed by atoms with Crippen LogP contribution in [-0.4, -0.2) is 11.1 Å². The van der Waals surface area contributed by atoms with Crippen LogP contribution < -0.4 is 4.74 Å². The Balaban J connectivity index is 2.01. The van der Waals surface area contributed by atoms with Crippen molar-refractivity contribution in [1.29, 1.82) is 0 Å². The van der Waals surface area contributed by atoms with Crippen LogP contribution in [0.1, 0.15) is 29.5 Å². The van der Waals surface area contributed by atoms with Crippen molar-refractivity contribution in [2.45, 2.75) is 12.8 Å². The van der Waals surface area contributed by atoms with E-state index in [0.29, 0.717) is 5.75 Å². The Morgan fingerprint density at radius 1 is 0.792 bits per heavy atom. The predicted molar refractivity (Wildman–Crippen MR) is 93.2 cm³/mol. The third-order valence-electron chi connectivity index (χ3n) is 3.83. The maximum atomic E-state index is 11.1. The number of esters is 1. The standard InChI is InChI=1S/C21H18O3/c1-15(22)24-20-13-9-18(10-14-20)21(16-5-3-2-4-6-16)17-7-11-19(23)12-8-17/h2-14,21,23H,1H3. The minimum absolute atomic E-state index is 0.0400. The minimum atomic E-state index is -0.333. The molecule has 0 aliphatic rings. The summed E-state index contributed by atoms with van der Waals surface area (Å²) >= 11 is 0. The van der Waals surface area contributed by atoms with Crippen LogP contribution in [0.2, 0.25) is 0 Å². The largest absolute Gasteiger partial charge is 0.508 e. The molecule has 0 aliphatic heterocycles. The molecule has 1 unspecified atom stereocenters. The van der Waals surface area contributed by atoms with E-state index in [1.807, 2.05) is 42.5 Å². The summed E-state index contributed by atoms with van der Waals surface area (Å²) in [5, 5.41) is 9.55. The number of hydrogen-bond donors (Lipinski definition) is 1. The molecule has 0 saturated carbocycles. The van der Waals surface area contributed by atoms with Gasteiger partial charge in [0.1, 0.15) is 11.5 Å². The van der Waals surface area contributed by atoms with Gasteiger partial charge in [-0.05, 0) is 41.0 Å². The van der Waals surface area contributed by atoms with Gasteiger partial charge in [0.15, 0.2) is 0 Å². The number of carbonyl (C=O) groups excluding carboxylic acids is 1. The zero-order chi connectivity index (χ0) is 16.9. The molecule has 0 amide bonds. The minimum Gasteiger partial charge on any atom is -0.508 e. The van der Waals surface area contributed by atoms with Crippen LogP contribution in [0.25, 0.3) is 0 Å². The van der Waals surface area contributed by atoms with Gasteiger partial charge < -0.3 is 9.84 Å². The molecule has 1 atom stereocenters. The zero-order valence-electron chi connectivity index (χ0n) is 13.3. The van der Waals surface area contributed by atoms with Gasteiger partial charge in [-0.1, -0.05) is 54.6 Å². The van der Waals surface area contributed by atoms with E-state index in [-0.39, 0.29) is 17.6 Å². The first-order valence-electron chi connectivity index (χ1n) is 7.76. The van der Waals surface area contributed by atoms with Gasteiger partial charge in [-0.3, -0.25) is 4.79 Å². The SMILES string of the molecule is CC(=O)Oc1ccc(C(c2ccccc2)c2ccc(O)cc2)cc1. The molecule has 0 fully saturated rings. The molecule has 0 bridgehead atoms. The number of rotatable bonds is 4. The monoisotopic (exact) mass is 318 g/mol. The molecule has 3 heteroatoms. The molecule has 0 spiro atoms. The first-order chi connectivity index (χ1) is 11.6. The molecule has 3 nitrogen and oxygen atoms in total. The van der Waals surface area contributed by atoms with Crippen molar-refractivity contribution >= 4 is 5.97 Å². The molecular weight excluding hydrogens is 300 g/mol. The van der Waals surface area contributed by atoms with Gasteiger partial charge in [0.05, 0.1) is 0 Å². The van der Waals surface area contributed by atoms with Gasteiger partial charge in [0.25, 0.3) is 0 Å². The third kappa shape index (κ3) is 3.63. The van der Waals surface area contributed by atoms with E-state index in [0.717, 1.165) is 16.7 Å². The summed E-state index contributed by atoms with van der Waals surface area (Å²) in [7, 11) is 0. The summed E-state index contributed by atoms with van der Waals surface area (Å²) in [5.41, 5.74) is 3.32. The Morgan fingerprint density at radius 2 is 1.29 bits per heavy atom. The van der Waals surface area contributed by atoms with E-state index >= 15 is 0 Å². The van der Waals surface area contributed by atoms with E-state index in [4.69, 9.17) is 4.74 Å². The van der Waals surface area contributed by atoms with Gasteiger partial charge in [0, 0.05) is 12.8 Å². The third-order valence-corrected chi connectivity index (χ3v) is 3.83. The number of aromatic hydroxyl groups is 1. The average Bonchev–Trinajstić information content (AvgIpc) is 2.59. The first kappa shape index (κ1) is 15.8. The second-order valence-corrected chi connectivity index (χ2v) is 5.60. The van der Waals surface area contributed by atoms with Crippen molar-refractivity contribution in [3.63, 3.8) is 0 Å². The fourth-order valence-corrected chi connectivity index (χ4v) is 2.78. The maximum absolute atomic E-state index is 11.1. The molecule has 0 aromatic heterocycles. The number of phenols is 1. The molecule has 3 aromatic rings. The number of benzene rings is 3. The summed E-state index contributed by atoms with van der Waals surface area (Å²) in [4.78, 5) is 11.1. The molecule has 3 aromatic carbocycles. The molecule has 0 heterocycles. The van der Waals surface area contributed by atoms with Crippen LogP contribution in [0.4, 0.5) is 0 Å². The highest BCUT2D eigenvalue weighted by Crippen LogP contribution is 2.33. The highest BCUT2D eigenvalue weighted by molar-refractivity contribution is 5.69. The molecular formula is C21H18O3. The van der Waals surface area contributed by atoms with Crippen molar-refractivity contribution in [2.75, 3.05) is 0 Å². The lowest BCUT2D eigenvalue weighted by Crippen LogP contribution is -2.04. The van der Waals surface area contributed by atoms with Gasteiger partial charge in [-0.15, -0.1) is 0 Å². The van der Waals surface area contributed by atoms with Gasteiger partial charge in [0.2, 0.25) is 0 Å². The fraction of sp³-hybridized carbons (Fsp3) is 0.0952. The van der Waals surface area contributed by atoms with Crippen molar-refractivity contribution in [2.24, 2.45) is 0 Å². The molecule has 0 radical (unpaired) electrons. The Morgan fingerprint density at radius 3 is 1.83 bits per heavy atom. The summed E-state index contributed by atoms with van der Waals surface area (Å²) in [5.74, 6) is 0.485. The van der Waals surface area contributed by atoms with Crippen LogP contribution in [0.15, 0.2) is 78.9 Å². The second kappa shape index (κ2) is 7.01. The maximum Gasteiger partial charge on any atom is 0.308 e. The lowest BCUT2D eigenvalue weighted by molar-refractivity contribution is -0.131. The van der Waals surface area contributed by atoms with Crippen molar-refractivity contribution in [3.05, 3.63) is 95.6 Å². The van der Waals surface area contributed by atoms with Crippen molar-refractivity contribution < 1.29 is 14.6 Å². The summed E-state index contributed by atoms with van der Waals surface area (Å²) in [6.45, 7) is 1.39. The highest BCUT2D eigenvalue weighted by Gasteiger charge is 2.16. The van der Waals surface area contributed by atoms with Crippen molar-refractivity contribution in [1.82, 2.24) is 0 Å².